The van der Waals surface area contributed by atoms with Crippen LogP contribution >= 0.6 is 0 Å². The van der Waals surface area contributed by atoms with E-state index in [0.717, 1.165) is 12.1 Å². The molecular formula is C16H13F3N2O5. The average Bonchev–Trinajstić information content (AvgIpc) is 2.53. The normalized spacial score (nSPS) is 10.9. The lowest BCUT2D eigenvalue weighted by molar-refractivity contribution is -0.386. The molecule has 0 fully saturated rings. The molecule has 0 aromatic heterocycles. The molecule has 1 amide bonds. The van der Waals surface area contributed by atoms with Gasteiger partial charge in [-0.05, 0) is 37.3 Å². The van der Waals surface area contributed by atoms with Gasteiger partial charge in [-0.15, -0.1) is 13.2 Å². The molecule has 7 nitrogen and oxygen atoms in total. The Kier molecular flexibility index (Phi) is 5.65. The number of nitrogens with one attached hydrogen (secondary N) is 1. The number of hydrogen-bond donors (Lipinski definition) is 1. The fourth-order valence-corrected chi connectivity index (χ4v) is 2.06. The zero-order valence-corrected chi connectivity index (χ0v) is 13.4. The Labute approximate surface area is 145 Å². The Balaban J connectivity index is 1.96. The molecule has 2 aromatic carbocycles. The summed E-state index contributed by atoms with van der Waals surface area (Å²) < 4.78 is 45.1. The van der Waals surface area contributed by atoms with Crippen LogP contribution in [0.25, 0.3) is 0 Å². The Bertz CT molecular complexity index is 807. The van der Waals surface area contributed by atoms with Gasteiger partial charge in [0.2, 0.25) is 0 Å². The molecule has 0 aliphatic carbocycles. The van der Waals surface area contributed by atoms with E-state index in [9.17, 15) is 28.1 Å². The monoisotopic (exact) mass is 370 g/mol. The van der Waals surface area contributed by atoms with Crippen molar-refractivity contribution in [1.29, 1.82) is 0 Å². The maximum atomic E-state index is 12.1. The quantitative estimate of drug-likeness (QED) is 0.617. The fraction of sp³-hybridized carbons (Fsp3) is 0.188. The van der Waals surface area contributed by atoms with E-state index in [-0.39, 0.29) is 17.1 Å². The van der Waals surface area contributed by atoms with E-state index in [1.165, 1.54) is 31.2 Å². The summed E-state index contributed by atoms with van der Waals surface area (Å²) in [5.41, 5.74) is 0.356. The number of carbonyl (C=O) groups is 1. The van der Waals surface area contributed by atoms with Crippen molar-refractivity contribution in [3.63, 3.8) is 0 Å². The van der Waals surface area contributed by atoms with Gasteiger partial charge < -0.3 is 14.8 Å². The summed E-state index contributed by atoms with van der Waals surface area (Å²) in [5, 5.41) is 13.4. The Morgan fingerprint density at radius 2 is 1.85 bits per heavy atom. The molecule has 0 bridgehead atoms. The molecule has 0 heterocycles. The number of anilines is 1. The summed E-state index contributed by atoms with van der Waals surface area (Å²) in [6, 6.07) is 8.96. The van der Waals surface area contributed by atoms with Gasteiger partial charge in [-0.2, -0.15) is 0 Å². The third-order valence-corrected chi connectivity index (χ3v) is 3.11. The standard InChI is InChI=1S/C16H13F3N2O5/c1-10-3-2-4-13(15(10)21(23)24)25-9-14(22)20-11-5-7-12(8-6-11)26-16(17,18)19/h2-8H,9H2,1H3,(H,20,22). The molecule has 2 rings (SSSR count). The number of nitro benzene ring substituents is 1. The van der Waals surface area contributed by atoms with E-state index in [1.807, 2.05) is 0 Å². The second-order valence-electron chi connectivity index (χ2n) is 5.09. The number of aryl methyl sites for hydroxylation is 1. The van der Waals surface area contributed by atoms with Crippen molar-refractivity contribution in [3.05, 3.63) is 58.1 Å². The number of halogens is 3. The number of rotatable bonds is 6. The zero-order valence-electron chi connectivity index (χ0n) is 13.4. The van der Waals surface area contributed by atoms with Crippen LogP contribution in [-0.2, 0) is 4.79 Å². The van der Waals surface area contributed by atoms with Gasteiger partial charge in [-0.3, -0.25) is 14.9 Å². The molecule has 1 N–H and O–H groups in total. The summed E-state index contributed by atoms with van der Waals surface area (Å²) in [7, 11) is 0. The van der Waals surface area contributed by atoms with Gasteiger partial charge >= 0.3 is 12.0 Å². The Hall–Kier alpha value is -3.30. The first-order chi connectivity index (χ1) is 12.2. The highest BCUT2D eigenvalue weighted by molar-refractivity contribution is 5.92. The van der Waals surface area contributed by atoms with Crippen molar-refractivity contribution >= 4 is 17.3 Å². The summed E-state index contributed by atoms with van der Waals surface area (Å²) >= 11 is 0. The zero-order chi connectivity index (χ0) is 19.3. The lowest BCUT2D eigenvalue weighted by atomic mass is 10.2. The lowest BCUT2D eigenvalue weighted by Crippen LogP contribution is -2.20. The highest BCUT2D eigenvalue weighted by atomic mass is 19.4. The van der Waals surface area contributed by atoms with Crippen LogP contribution in [0.2, 0.25) is 0 Å². The number of para-hydroxylation sites is 1. The molecular weight excluding hydrogens is 357 g/mol. The number of benzene rings is 2. The lowest BCUT2D eigenvalue weighted by Gasteiger charge is -2.10. The predicted molar refractivity (Wildman–Crippen MR) is 85.1 cm³/mol. The van der Waals surface area contributed by atoms with Gasteiger partial charge in [0.15, 0.2) is 12.4 Å². The molecule has 0 aliphatic rings. The molecule has 0 saturated heterocycles. The number of amides is 1. The van der Waals surface area contributed by atoms with Crippen LogP contribution < -0.4 is 14.8 Å². The molecule has 138 valence electrons. The van der Waals surface area contributed by atoms with E-state index in [1.54, 1.807) is 6.07 Å². The molecule has 0 atom stereocenters. The van der Waals surface area contributed by atoms with Gasteiger partial charge in [-0.1, -0.05) is 12.1 Å². The molecule has 26 heavy (non-hydrogen) atoms. The van der Waals surface area contributed by atoms with Crippen molar-refractivity contribution in [2.45, 2.75) is 13.3 Å². The van der Waals surface area contributed by atoms with E-state index in [0.29, 0.717) is 5.56 Å². The first-order valence-corrected chi connectivity index (χ1v) is 7.18. The van der Waals surface area contributed by atoms with Crippen LogP contribution in [0.3, 0.4) is 0 Å². The van der Waals surface area contributed by atoms with Crippen LogP contribution in [0.4, 0.5) is 24.5 Å². The van der Waals surface area contributed by atoms with E-state index < -0.39 is 29.5 Å². The molecule has 10 heteroatoms. The van der Waals surface area contributed by atoms with Crippen molar-refractivity contribution in [1.82, 2.24) is 0 Å². The number of nitro groups is 1. The number of hydrogen-bond acceptors (Lipinski definition) is 5. The highest BCUT2D eigenvalue weighted by Gasteiger charge is 2.31. The Morgan fingerprint density at radius 3 is 2.42 bits per heavy atom. The number of alkyl halides is 3. The maximum absolute atomic E-state index is 12.1. The van der Waals surface area contributed by atoms with E-state index in [4.69, 9.17) is 4.74 Å². The van der Waals surface area contributed by atoms with Crippen LogP contribution in [0.15, 0.2) is 42.5 Å². The molecule has 0 spiro atoms. The van der Waals surface area contributed by atoms with Gasteiger partial charge in [0.1, 0.15) is 5.75 Å². The minimum absolute atomic E-state index is 0.0564. The average molecular weight is 370 g/mol. The number of ether oxygens (including phenoxy) is 2. The molecule has 0 aliphatic heterocycles. The SMILES string of the molecule is Cc1cccc(OCC(=O)Nc2ccc(OC(F)(F)F)cc2)c1[N+](=O)[O-]. The van der Waals surface area contributed by atoms with Crippen LogP contribution in [0.1, 0.15) is 5.56 Å². The summed E-state index contributed by atoms with van der Waals surface area (Å²) in [6.45, 7) is 1.03. The number of carbonyl (C=O) groups excluding carboxylic acids is 1. The van der Waals surface area contributed by atoms with Crippen molar-refractivity contribution in [2.24, 2.45) is 0 Å². The number of nitrogens with zero attached hydrogens (tertiary/aromatic N) is 1. The smallest absolute Gasteiger partial charge is 0.477 e. The van der Waals surface area contributed by atoms with Crippen molar-refractivity contribution < 1.29 is 32.4 Å². The second kappa shape index (κ2) is 7.72. The first kappa shape index (κ1) is 19.0. The summed E-state index contributed by atoms with van der Waals surface area (Å²) in [5.74, 6) is -1.12. The second-order valence-corrected chi connectivity index (χ2v) is 5.09. The van der Waals surface area contributed by atoms with Crippen LogP contribution in [0.5, 0.6) is 11.5 Å². The fourth-order valence-electron chi connectivity index (χ4n) is 2.06. The van der Waals surface area contributed by atoms with Gasteiger partial charge in [-0.25, -0.2) is 0 Å². The van der Waals surface area contributed by atoms with Crippen molar-refractivity contribution in [3.8, 4) is 11.5 Å². The first-order valence-electron chi connectivity index (χ1n) is 7.18. The van der Waals surface area contributed by atoms with Crippen molar-refractivity contribution in [2.75, 3.05) is 11.9 Å². The van der Waals surface area contributed by atoms with E-state index in [2.05, 4.69) is 10.1 Å². The predicted octanol–water partition coefficient (Wildman–Crippen LogP) is 3.82. The molecule has 2 aromatic rings. The minimum Gasteiger partial charge on any atom is -0.477 e. The van der Waals surface area contributed by atoms with Gasteiger partial charge in [0.25, 0.3) is 5.91 Å². The molecule has 0 unspecified atom stereocenters. The van der Waals surface area contributed by atoms with Gasteiger partial charge in [0.05, 0.1) is 4.92 Å². The highest BCUT2D eigenvalue weighted by Crippen LogP contribution is 2.30. The maximum Gasteiger partial charge on any atom is 0.573 e. The minimum atomic E-state index is -4.80. The Morgan fingerprint density at radius 1 is 1.19 bits per heavy atom. The topological polar surface area (TPSA) is 90.7 Å². The molecule has 0 radical (unpaired) electrons. The third-order valence-electron chi connectivity index (χ3n) is 3.11. The molecule has 0 saturated carbocycles. The summed E-state index contributed by atoms with van der Waals surface area (Å²) in [6.07, 6.45) is -4.80. The largest absolute Gasteiger partial charge is 0.573 e. The van der Waals surface area contributed by atoms with E-state index >= 15 is 0 Å². The third kappa shape index (κ3) is 5.36. The van der Waals surface area contributed by atoms with Gasteiger partial charge in [0, 0.05) is 11.3 Å². The van der Waals surface area contributed by atoms with Crippen LogP contribution in [-0.4, -0.2) is 23.8 Å². The van der Waals surface area contributed by atoms with Crippen LogP contribution in [0, 0.1) is 17.0 Å². The summed E-state index contributed by atoms with van der Waals surface area (Å²) in [4.78, 5) is 22.3.